The summed E-state index contributed by atoms with van der Waals surface area (Å²) in [6.45, 7) is 0. The van der Waals surface area contributed by atoms with E-state index >= 15 is 0 Å². The molecule has 1 heterocycles. The molecule has 1 saturated carbocycles. The molecule has 1 aromatic rings. The van der Waals surface area contributed by atoms with E-state index in [-0.39, 0.29) is 15.9 Å². The summed E-state index contributed by atoms with van der Waals surface area (Å²) in [5.41, 5.74) is 1.20. The summed E-state index contributed by atoms with van der Waals surface area (Å²) in [6.07, 6.45) is 6.02. The normalized spacial score (nSPS) is 17.6. The SMILES string of the molecule is COC(=O)c1ncsc1S(=O)(=O)NC1CCCCCC1. The number of esters is 1. The van der Waals surface area contributed by atoms with Gasteiger partial charge in [0.05, 0.1) is 12.6 Å². The molecule has 0 spiro atoms. The maximum absolute atomic E-state index is 12.4. The van der Waals surface area contributed by atoms with Crippen molar-refractivity contribution in [1.82, 2.24) is 9.71 Å². The largest absolute Gasteiger partial charge is 0.464 e. The van der Waals surface area contributed by atoms with E-state index < -0.39 is 16.0 Å². The lowest BCUT2D eigenvalue weighted by Gasteiger charge is -2.15. The van der Waals surface area contributed by atoms with Crippen LogP contribution in [0.5, 0.6) is 0 Å². The number of sulfonamides is 1. The fourth-order valence-electron chi connectivity index (χ4n) is 2.33. The van der Waals surface area contributed by atoms with E-state index in [0.29, 0.717) is 0 Å². The highest BCUT2D eigenvalue weighted by Gasteiger charge is 2.28. The highest BCUT2D eigenvalue weighted by molar-refractivity contribution is 7.91. The molecule has 1 aliphatic rings. The van der Waals surface area contributed by atoms with Crippen LogP contribution in [0.2, 0.25) is 0 Å². The third-order valence-corrected chi connectivity index (χ3v) is 6.22. The second-order valence-corrected chi connectivity index (χ2v) is 7.55. The van der Waals surface area contributed by atoms with Crippen molar-refractivity contribution in [1.29, 1.82) is 0 Å². The standard InChI is InChI=1S/C12H18N2O4S2/c1-18-11(15)10-12(19-8-13-10)20(16,17)14-9-6-4-2-3-5-7-9/h8-9,14H,2-7H2,1H3. The van der Waals surface area contributed by atoms with Crippen molar-refractivity contribution in [3.8, 4) is 0 Å². The van der Waals surface area contributed by atoms with Gasteiger partial charge in [-0.25, -0.2) is 22.9 Å². The molecule has 0 atom stereocenters. The first-order valence-corrected chi connectivity index (χ1v) is 8.95. The van der Waals surface area contributed by atoms with E-state index in [1.165, 1.54) is 12.6 Å². The maximum atomic E-state index is 12.4. The Morgan fingerprint density at radius 1 is 1.35 bits per heavy atom. The molecule has 0 aliphatic heterocycles. The molecule has 0 saturated heterocycles. The van der Waals surface area contributed by atoms with E-state index in [4.69, 9.17) is 0 Å². The summed E-state index contributed by atoms with van der Waals surface area (Å²) in [4.78, 5) is 15.3. The Morgan fingerprint density at radius 3 is 2.60 bits per heavy atom. The van der Waals surface area contributed by atoms with Crippen molar-refractivity contribution >= 4 is 27.3 Å². The van der Waals surface area contributed by atoms with Gasteiger partial charge in [0.1, 0.15) is 0 Å². The number of hydrogen-bond donors (Lipinski definition) is 1. The van der Waals surface area contributed by atoms with Crippen LogP contribution in [0.25, 0.3) is 0 Å². The first-order chi connectivity index (χ1) is 9.54. The molecule has 0 amide bonds. The smallest absolute Gasteiger partial charge is 0.358 e. The van der Waals surface area contributed by atoms with Crippen molar-refractivity contribution in [2.24, 2.45) is 0 Å². The van der Waals surface area contributed by atoms with Crippen LogP contribution in [0.15, 0.2) is 9.72 Å². The van der Waals surface area contributed by atoms with Gasteiger partial charge in [-0.2, -0.15) is 0 Å². The minimum atomic E-state index is -3.71. The zero-order valence-corrected chi connectivity index (χ0v) is 12.9. The summed E-state index contributed by atoms with van der Waals surface area (Å²) >= 11 is 0.932. The Kier molecular flexibility index (Phi) is 5.11. The number of thiazole rings is 1. The lowest BCUT2D eigenvalue weighted by atomic mass is 10.1. The number of hydrogen-bond acceptors (Lipinski definition) is 6. The van der Waals surface area contributed by atoms with Gasteiger partial charge < -0.3 is 4.74 Å². The summed E-state index contributed by atoms with van der Waals surface area (Å²) in [5.74, 6) is -0.729. The van der Waals surface area contributed by atoms with E-state index in [1.54, 1.807) is 0 Å². The summed E-state index contributed by atoms with van der Waals surface area (Å²) in [6, 6.07) is -0.0601. The van der Waals surface area contributed by atoms with E-state index in [2.05, 4.69) is 14.4 Å². The van der Waals surface area contributed by atoms with E-state index in [9.17, 15) is 13.2 Å². The zero-order valence-electron chi connectivity index (χ0n) is 11.3. The molecule has 1 aromatic heterocycles. The highest BCUT2D eigenvalue weighted by atomic mass is 32.2. The van der Waals surface area contributed by atoms with Gasteiger partial charge in [-0.3, -0.25) is 0 Å². The third kappa shape index (κ3) is 3.56. The predicted octanol–water partition coefficient (Wildman–Crippen LogP) is 1.93. The quantitative estimate of drug-likeness (QED) is 0.677. The van der Waals surface area contributed by atoms with Gasteiger partial charge in [-0.05, 0) is 12.8 Å². The number of methoxy groups -OCH3 is 1. The third-order valence-electron chi connectivity index (χ3n) is 3.33. The maximum Gasteiger partial charge on any atom is 0.358 e. The molecule has 2 rings (SSSR count). The average molecular weight is 318 g/mol. The number of carbonyl (C=O) groups is 1. The minimum absolute atomic E-state index is 0.0601. The Bertz CT molecular complexity index is 560. The highest BCUT2D eigenvalue weighted by Crippen LogP contribution is 2.23. The van der Waals surface area contributed by atoms with Crippen LogP contribution in [0, 0.1) is 0 Å². The first kappa shape index (κ1) is 15.4. The lowest BCUT2D eigenvalue weighted by molar-refractivity contribution is 0.0590. The van der Waals surface area contributed by atoms with Gasteiger partial charge in [-0.1, -0.05) is 25.7 Å². The van der Waals surface area contributed by atoms with Crippen molar-refractivity contribution in [3.63, 3.8) is 0 Å². The van der Waals surface area contributed by atoms with Crippen LogP contribution in [-0.4, -0.2) is 32.5 Å². The molecular weight excluding hydrogens is 300 g/mol. The molecule has 1 N–H and O–H groups in total. The molecule has 1 aliphatic carbocycles. The molecule has 112 valence electrons. The summed E-state index contributed by atoms with van der Waals surface area (Å²) in [5, 5.41) is 0. The Morgan fingerprint density at radius 2 is 2.00 bits per heavy atom. The number of carbonyl (C=O) groups excluding carboxylic acids is 1. The Labute approximate surface area is 122 Å². The fraction of sp³-hybridized carbons (Fsp3) is 0.667. The molecule has 20 heavy (non-hydrogen) atoms. The van der Waals surface area contributed by atoms with E-state index in [1.807, 2.05) is 0 Å². The molecule has 6 nitrogen and oxygen atoms in total. The molecule has 0 bridgehead atoms. The molecule has 8 heteroatoms. The van der Waals surface area contributed by atoms with Gasteiger partial charge in [0.25, 0.3) is 10.0 Å². The predicted molar refractivity (Wildman–Crippen MR) is 75.3 cm³/mol. The Hall–Kier alpha value is -0.990. The molecule has 1 fully saturated rings. The molecule has 0 unspecified atom stereocenters. The molecule has 0 radical (unpaired) electrons. The van der Waals surface area contributed by atoms with Gasteiger partial charge in [0.2, 0.25) is 0 Å². The van der Waals surface area contributed by atoms with Crippen LogP contribution in [0.3, 0.4) is 0 Å². The number of aromatic nitrogens is 1. The number of nitrogens with one attached hydrogen (secondary N) is 1. The van der Waals surface area contributed by atoms with Crippen LogP contribution in [0.1, 0.15) is 49.0 Å². The number of rotatable bonds is 4. The topological polar surface area (TPSA) is 85.4 Å². The fourth-order valence-corrected chi connectivity index (χ4v) is 4.78. The zero-order chi connectivity index (χ0) is 14.6. The first-order valence-electron chi connectivity index (χ1n) is 6.58. The van der Waals surface area contributed by atoms with Crippen molar-refractivity contribution in [3.05, 3.63) is 11.2 Å². The van der Waals surface area contributed by atoms with Crippen LogP contribution in [0.4, 0.5) is 0 Å². The monoisotopic (exact) mass is 318 g/mol. The molecular formula is C12H18N2O4S2. The van der Waals surface area contributed by atoms with Crippen LogP contribution in [-0.2, 0) is 14.8 Å². The van der Waals surface area contributed by atoms with Crippen LogP contribution < -0.4 is 4.72 Å². The minimum Gasteiger partial charge on any atom is -0.464 e. The average Bonchev–Trinajstić information content (AvgIpc) is 2.79. The lowest BCUT2D eigenvalue weighted by Crippen LogP contribution is -2.34. The van der Waals surface area contributed by atoms with E-state index in [0.717, 1.165) is 49.9 Å². The van der Waals surface area contributed by atoms with Crippen molar-refractivity contribution < 1.29 is 17.9 Å². The van der Waals surface area contributed by atoms with Gasteiger partial charge in [0.15, 0.2) is 9.90 Å². The van der Waals surface area contributed by atoms with Crippen molar-refractivity contribution in [2.45, 2.75) is 48.8 Å². The van der Waals surface area contributed by atoms with Gasteiger partial charge in [-0.15, -0.1) is 11.3 Å². The second-order valence-electron chi connectivity index (χ2n) is 4.79. The number of ether oxygens (including phenoxy) is 1. The summed E-state index contributed by atoms with van der Waals surface area (Å²) < 4.78 is 31.9. The van der Waals surface area contributed by atoms with Gasteiger partial charge in [0, 0.05) is 6.04 Å². The van der Waals surface area contributed by atoms with Crippen molar-refractivity contribution in [2.75, 3.05) is 7.11 Å². The molecule has 0 aromatic carbocycles. The number of nitrogens with zero attached hydrogens (tertiary/aromatic N) is 1. The second kappa shape index (κ2) is 6.64. The Balaban J connectivity index is 2.17. The summed E-state index contributed by atoms with van der Waals surface area (Å²) in [7, 11) is -2.51. The van der Waals surface area contributed by atoms with Crippen LogP contribution >= 0.6 is 11.3 Å². The van der Waals surface area contributed by atoms with Gasteiger partial charge >= 0.3 is 5.97 Å².